The van der Waals surface area contributed by atoms with Gasteiger partial charge in [-0.25, -0.2) is 9.37 Å². The molecule has 34 heavy (non-hydrogen) atoms. The molecule has 2 fully saturated rings. The van der Waals surface area contributed by atoms with E-state index in [4.69, 9.17) is 4.74 Å². The summed E-state index contributed by atoms with van der Waals surface area (Å²) in [6, 6.07) is 11.9. The summed E-state index contributed by atoms with van der Waals surface area (Å²) in [7, 11) is 1.62. The van der Waals surface area contributed by atoms with E-state index in [-0.39, 0.29) is 11.7 Å². The summed E-state index contributed by atoms with van der Waals surface area (Å²) in [6.07, 6.45) is 7.81. The summed E-state index contributed by atoms with van der Waals surface area (Å²) in [6.45, 7) is 2.93. The molecule has 1 aromatic heterocycles. The third-order valence-electron chi connectivity index (χ3n) is 5.93. The number of halogens is 1. The van der Waals surface area contributed by atoms with Crippen molar-refractivity contribution in [2.75, 3.05) is 13.7 Å². The number of nitrogens with zero attached hydrogens (tertiary/aromatic N) is 4. The maximum atomic E-state index is 13.3. The Hall–Kier alpha value is -3.94. The van der Waals surface area contributed by atoms with Gasteiger partial charge in [0, 0.05) is 12.7 Å². The molecule has 0 bridgehead atoms. The van der Waals surface area contributed by atoms with Crippen LogP contribution in [0.25, 0.3) is 11.8 Å². The zero-order valence-corrected chi connectivity index (χ0v) is 19.2. The Morgan fingerprint density at radius 3 is 2.71 bits per heavy atom. The molecule has 7 nitrogen and oxygen atoms in total. The molecule has 1 aliphatic heterocycles. The number of rotatable bonds is 7. The SMILES string of the molecule is COc1cc(C=C2NC(=NCC3CC3)N(Cc3ccc(F)cc3)C2=O)ccc1-n1cnc(C)c1. The molecule has 2 heterocycles. The van der Waals surface area contributed by atoms with Gasteiger partial charge in [-0.3, -0.25) is 14.7 Å². The van der Waals surface area contributed by atoms with Crippen molar-refractivity contribution in [2.24, 2.45) is 10.9 Å². The van der Waals surface area contributed by atoms with Crippen LogP contribution < -0.4 is 10.1 Å². The van der Waals surface area contributed by atoms with Crippen LogP contribution in [0.15, 0.2) is 65.7 Å². The first kappa shape index (κ1) is 21.9. The molecule has 1 aliphatic carbocycles. The Morgan fingerprint density at radius 2 is 2.03 bits per heavy atom. The Balaban J connectivity index is 1.43. The second-order valence-electron chi connectivity index (χ2n) is 8.66. The lowest BCUT2D eigenvalue weighted by molar-refractivity contribution is -0.122. The number of imidazole rings is 1. The number of carbonyl (C=O) groups is 1. The highest BCUT2D eigenvalue weighted by molar-refractivity contribution is 6.15. The summed E-state index contributed by atoms with van der Waals surface area (Å²) in [5.41, 5.74) is 3.86. The van der Waals surface area contributed by atoms with Crippen LogP contribution in [0.1, 0.15) is 29.7 Å². The van der Waals surface area contributed by atoms with Gasteiger partial charge in [0.15, 0.2) is 0 Å². The number of guanidine groups is 1. The van der Waals surface area contributed by atoms with Gasteiger partial charge in [0.25, 0.3) is 5.91 Å². The van der Waals surface area contributed by atoms with Crippen molar-refractivity contribution in [2.45, 2.75) is 26.3 Å². The Morgan fingerprint density at radius 1 is 1.24 bits per heavy atom. The zero-order valence-electron chi connectivity index (χ0n) is 19.2. The number of aryl methyl sites for hydroxylation is 1. The summed E-state index contributed by atoms with van der Waals surface area (Å²) >= 11 is 0. The fourth-order valence-corrected chi connectivity index (χ4v) is 3.86. The van der Waals surface area contributed by atoms with Gasteiger partial charge in [-0.1, -0.05) is 18.2 Å². The van der Waals surface area contributed by atoms with E-state index in [2.05, 4.69) is 15.3 Å². The van der Waals surface area contributed by atoms with Gasteiger partial charge in [-0.15, -0.1) is 0 Å². The number of amides is 1. The number of ether oxygens (including phenoxy) is 1. The number of aromatic nitrogens is 2. The lowest BCUT2D eigenvalue weighted by atomic mass is 10.1. The molecular weight excluding hydrogens is 433 g/mol. The Labute approximate surface area is 197 Å². The van der Waals surface area contributed by atoms with Gasteiger partial charge >= 0.3 is 0 Å². The van der Waals surface area contributed by atoms with Gasteiger partial charge in [0.1, 0.15) is 17.3 Å². The predicted octanol–water partition coefficient (Wildman–Crippen LogP) is 4.07. The van der Waals surface area contributed by atoms with Crippen molar-refractivity contribution >= 4 is 17.9 Å². The first-order valence-corrected chi connectivity index (χ1v) is 11.3. The third kappa shape index (κ3) is 4.71. The molecule has 8 heteroatoms. The molecule has 2 aromatic carbocycles. The van der Waals surface area contributed by atoms with E-state index in [9.17, 15) is 9.18 Å². The molecule has 1 amide bonds. The van der Waals surface area contributed by atoms with Crippen molar-refractivity contribution in [3.63, 3.8) is 0 Å². The standard InChI is InChI=1S/C26H26FN5O2/c1-17-14-31(16-29-17)23-10-7-20(12-24(23)34-2)11-22-25(33)32(15-19-5-8-21(27)9-6-19)26(30-22)28-13-18-3-4-18/h5-12,14,16,18H,3-4,13,15H2,1-2H3,(H,28,30). The molecule has 1 saturated carbocycles. The molecule has 0 unspecified atom stereocenters. The molecule has 0 spiro atoms. The van der Waals surface area contributed by atoms with E-state index < -0.39 is 0 Å². The van der Waals surface area contributed by atoms with E-state index in [0.29, 0.717) is 36.4 Å². The summed E-state index contributed by atoms with van der Waals surface area (Å²) in [5.74, 6) is 1.31. The number of methoxy groups -OCH3 is 1. The average Bonchev–Trinajstić information content (AvgIpc) is 3.51. The quantitative estimate of drug-likeness (QED) is 0.541. The van der Waals surface area contributed by atoms with E-state index in [1.54, 1.807) is 36.5 Å². The van der Waals surface area contributed by atoms with Gasteiger partial charge < -0.3 is 14.6 Å². The molecule has 3 aromatic rings. The Bertz CT molecular complexity index is 1270. The molecule has 2 aliphatic rings. The molecule has 1 N–H and O–H groups in total. The van der Waals surface area contributed by atoms with Crippen LogP contribution in [0.5, 0.6) is 5.75 Å². The predicted molar refractivity (Wildman–Crippen MR) is 128 cm³/mol. The highest BCUT2D eigenvalue weighted by Gasteiger charge is 2.33. The number of hydrogen-bond donors (Lipinski definition) is 1. The lowest BCUT2D eigenvalue weighted by Crippen LogP contribution is -2.32. The van der Waals surface area contributed by atoms with E-state index in [1.807, 2.05) is 35.9 Å². The summed E-state index contributed by atoms with van der Waals surface area (Å²) in [4.78, 5) is 23.9. The van der Waals surface area contributed by atoms with Gasteiger partial charge in [0.05, 0.1) is 31.4 Å². The molecular formula is C26H26FN5O2. The molecule has 1 saturated heterocycles. The molecule has 174 valence electrons. The lowest BCUT2D eigenvalue weighted by Gasteiger charge is -2.15. The number of carbonyl (C=O) groups excluding carboxylic acids is 1. The fourth-order valence-electron chi connectivity index (χ4n) is 3.86. The van der Waals surface area contributed by atoms with Crippen molar-refractivity contribution in [1.29, 1.82) is 0 Å². The summed E-state index contributed by atoms with van der Waals surface area (Å²) < 4.78 is 20.8. The third-order valence-corrected chi connectivity index (χ3v) is 5.93. The van der Waals surface area contributed by atoms with Crippen LogP contribution in [0.3, 0.4) is 0 Å². The second kappa shape index (κ2) is 9.13. The largest absolute Gasteiger partial charge is 0.495 e. The first-order chi connectivity index (χ1) is 16.5. The van der Waals surface area contributed by atoms with Gasteiger partial charge in [-0.2, -0.15) is 0 Å². The summed E-state index contributed by atoms with van der Waals surface area (Å²) in [5, 5.41) is 3.20. The molecule has 5 rings (SSSR count). The number of nitrogens with one attached hydrogen (secondary N) is 1. The number of aliphatic imine (C=N–C) groups is 1. The highest BCUT2D eigenvalue weighted by atomic mass is 19.1. The number of benzene rings is 2. The molecule has 0 atom stereocenters. The molecule has 0 radical (unpaired) electrons. The van der Waals surface area contributed by atoms with E-state index in [0.717, 1.165) is 22.5 Å². The van der Waals surface area contributed by atoms with Crippen LogP contribution >= 0.6 is 0 Å². The van der Waals surface area contributed by atoms with Crippen molar-refractivity contribution < 1.29 is 13.9 Å². The van der Waals surface area contributed by atoms with Crippen LogP contribution in [0.4, 0.5) is 4.39 Å². The zero-order chi connectivity index (χ0) is 23.7. The number of hydrogen-bond acceptors (Lipinski definition) is 4. The van der Waals surface area contributed by atoms with Crippen molar-refractivity contribution in [1.82, 2.24) is 19.8 Å². The minimum atomic E-state index is -0.305. The van der Waals surface area contributed by atoms with Crippen molar-refractivity contribution in [3.8, 4) is 11.4 Å². The average molecular weight is 460 g/mol. The van der Waals surface area contributed by atoms with Crippen molar-refractivity contribution in [3.05, 3.63) is 83.3 Å². The van der Waals surface area contributed by atoms with Crippen LogP contribution in [-0.2, 0) is 11.3 Å². The maximum Gasteiger partial charge on any atom is 0.277 e. The maximum absolute atomic E-state index is 13.3. The van der Waals surface area contributed by atoms with Crippen LogP contribution in [0, 0.1) is 18.7 Å². The van der Waals surface area contributed by atoms with E-state index >= 15 is 0 Å². The second-order valence-corrected chi connectivity index (χ2v) is 8.66. The smallest absolute Gasteiger partial charge is 0.277 e. The first-order valence-electron chi connectivity index (χ1n) is 11.3. The topological polar surface area (TPSA) is 71.8 Å². The van der Waals surface area contributed by atoms with E-state index in [1.165, 1.54) is 25.0 Å². The normalized spacial score (nSPS) is 18.1. The monoisotopic (exact) mass is 459 g/mol. The fraction of sp³-hybridized carbons (Fsp3) is 0.269. The van der Waals surface area contributed by atoms with Crippen LogP contribution in [0.2, 0.25) is 0 Å². The highest BCUT2D eigenvalue weighted by Crippen LogP contribution is 2.30. The van der Waals surface area contributed by atoms with Gasteiger partial charge in [0.2, 0.25) is 5.96 Å². The van der Waals surface area contributed by atoms with Gasteiger partial charge in [-0.05, 0) is 67.2 Å². The minimum absolute atomic E-state index is 0.174. The minimum Gasteiger partial charge on any atom is -0.495 e. The Kier molecular flexibility index (Phi) is 5.88. The van der Waals surface area contributed by atoms with Crippen LogP contribution in [-0.4, -0.2) is 40.0 Å².